The maximum absolute atomic E-state index is 10.9. The molecular weight excluding hydrogens is 112 g/mol. The number of carbonyl (C=O) groups is 1. The summed E-state index contributed by atoms with van der Waals surface area (Å²) in [4.78, 5) is 10.9. The van der Waals surface area contributed by atoms with Gasteiger partial charge in [0.2, 0.25) is 0 Å². The van der Waals surface area contributed by atoms with Gasteiger partial charge in [0.25, 0.3) is 0 Å². The van der Waals surface area contributed by atoms with E-state index in [1.54, 1.807) is 0 Å². The Kier molecular flexibility index (Phi) is 3.21. The van der Waals surface area contributed by atoms with E-state index in [1.807, 2.05) is 20.8 Å². The van der Waals surface area contributed by atoms with Gasteiger partial charge in [-0.05, 0) is 6.92 Å². The van der Waals surface area contributed by atoms with Crippen LogP contribution in [0.15, 0.2) is 12.2 Å². The molecule has 1 heteroatoms. The number of carbonyl (C=O) groups excluding carboxylic acids is 1. The van der Waals surface area contributed by atoms with Crippen molar-refractivity contribution in [1.29, 1.82) is 0 Å². The Morgan fingerprint density at radius 1 is 1.67 bits per heavy atom. The fourth-order valence-corrected chi connectivity index (χ4v) is 0.581. The molecule has 0 radical (unpaired) electrons. The van der Waals surface area contributed by atoms with Crippen LogP contribution in [0.25, 0.3) is 0 Å². The zero-order valence-electron chi connectivity index (χ0n) is 6.40. The molecule has 9 heavy (non-hydrogen) atoms. The van der Waals surface area contributed by atoms with Crippen molar-refractivity contribution in [2.24, 2.45) is 5.92 Å². The molecule has 0 saturated carbocycles. The Morgan fingerprint density at radius 2 is 2.11 bits per heavy atom. The van der Waals surface area contributed by atoms with Gasteiger partial charge in [-0.3, -0.25) is 4.79 Å². The molecule has 0 aromatic rings. The van der Waals surface area contributed by atoms with Crippen LogP contribution in [0.4, 0.5) is 0 Å². The van der Waals surface area contributed by atoms with E-state index in [-0.39, 0.29) is 11.7 Å². The Hall–Kier alpha value is -0.590. The van der Waals surface area contributed by atoms with Crippen LogP contribution in [0.1, 0.15) is 27.2 Å². The van der Waals surface area contributed by atoms with E-state index in [1.165, 1.54) is 0 Å². The van der Waals surface area contributed by atoms with Gasteiger partial charge in [0.05, 0.1) is 0 Å². The number of rotatable bonds is 3. The van der Waals surface area contributed by atoms with E-state index < -0.39 is 0 Å². The van der Waals surface area contributed by atoms with Crippen molar-refractivity contribution >= 4 is 5.78 Å². The Labute approximate surface area is 56.8 Å². The molecule has 0 saturated heterocycles. The monoisotopic (exact) mass is 126 g/mol. The van der Waals surface area contributed by atoms with E-state index in [0.29, 0.717) is 6.42 Å². The van der Waals surface area contributed by atoms with Gasteiger partial charge in [-0.2, -0.15) is 0 Å². The largest absolute Gasteiger partial charge is 0.299 e. The molecule has 0 aromatic heterocycles. The van der Waals surface area contributed by atoms with Crippen molar-refractivity contribution in [3.8, 4) is 0 Å². The maximum atomic E-state index is 10.9. The molecule has 0 aliphatic heterocycles. The van der Waals surface area contributed by atoms with E-state index in [4.69, 9.17) is 0 Å². The van der Waals surface area contributed by atoms with Gasteiger partial charge >= 0.3 is 0 Å². The summed E-state index contributed by atoms with van der Waals surface area (Å²) in [5.41, 5.74) is 0.960. The predicted molar refractivity (Wildman–Crippen MR) is 39.3 cm³/mol. The molecule has 0 aromatic carbocycles. The first-order chi connectivity index (χ1) is 4.09. The highest BCUT2D eigenvalue weighted by Gasteiger charge is 2.09. The highest BCUT2D eigenvalue weighted by molar-refractivity contribution is 5.82. The summed E-state index contributed by atoms with van der Waals surface area (Å²) in [6.45, 7) is 9.36. The lowest BCUT2D eigenvalue weighted by Crippen LogP contribution is -2.09. The standard InChI is InChI=1S/C8H14O/c1-5-8(9)7(4)6(2)3/h7H,2,5H2,1,3-4H3. The molecule has 0 aliphatic carbocycles. The van der Waals surface area contributed by atoms with E-state index in [2.05, 4.69) is 6.58 Å². The van der Waals surface area contributed by atoms with E-state index in [9.17, 15) is 4.79 Å². The molecule has 0 aliphatic rings. The smallest absolute Gasteiger partial charge is 0.139 e. The molecule has 0 fully saturated rings. The maximum Gasteiger partial charge on any atom is 0.139 e. The van der Waals surface area contributed by atoms with Crippen molar-refractivity contribution < 1.29 is 4.79 Å². The third-order valence-electron chi connectivity index (χ3n) is 1.57. The second-order valence-electron chi connectivity index (χ2n) is 2.39. The van der Waals surface area contributed by atoms with Crippen molar-refractivity contribution in [2.45, 2.75) is 27.2 Å². The van der Waals surface area contributed by atoms with Gasteiger partial charge in [0.1, 0.15) is 5.78 Å². The van der Waals surface area contributed by atoms with Crippen LogP contribution in [0.3, 0.4) is 0 Å². The Bertz CT molecular complexity index is 125. The summed E-state index contributed by atoms with van der Waals surface area (Å²) in [5.74, 6) is 0.331. The fraction of sp³-hybridized carbons (Fsp3) is 0.625. The first-order valence-corrected chi connectivity index (χ1v) is 3.27. The molecule has 1 unspecified atom stereocenters. The molecule has 1 atom stereocenters. The quantitative estimate of drug-likeness (QED) is 0.530. The van der Waals surface area contributed by atoms with Gasteiger partial charge in [-0.1, -0.05) is 26.0 Å². The van der Waals surface area contributed by atoms with Crippen molar-refractivity contribution in [3.63, 3.8) is 0 Å². The van der Waals surface area contributed by atoms with Crippen LogP contribution in [0, 0.1) is 5.92 Å². The molecule has 0 rings (SSSR count). The number of ketones is 1. The highest BCUT2D eigenvalue weighted by atomic mass is 16.1. The van der Waals surface area contributed by atoms with Gasteiger partial charge in [-0.15, -0.1) is 0 Å². The SMILES string of the molecule is C=C(C)C(C)C(=O)CC. The fourth-order valence-electron chi connectivity index (χ4n) is 0.581. The average Bonchev–Trinajstić information content (AvgIpc) is 1.84. The summed E-state index contributed by atoms with van der Waals surface area (Å²) in [7, 11) is 0. The first-order valence-electron chi connectivity index (χ1n) is 3.27. The third-order valence-corrected chi connectivity index (χ3v) is 1.57. The lowest BCUT2D eigenvalue weighted by atomic mass is 9.98. The molecule has 0 N–H and O–H groups in total. The van der Waals surface area contributed by atoms with Crippen molar-refractivity contribution in [1.82, 2.24) is 0 Å². The van der Waals surface area contributed by atoms with Crippen LogP contribution >= 0.6 is 0 Å². The number of hydrogen-bond donors (Lipinski definition) is 0. The van der Waals surface area contributed by atoms with Gasteiger partial charge < -0.3 is 0 Å². The number of Topliss-reactive ketones (excluding diaryl/α,β-unsaturated/α-hetero) is 1. The third kappa shape index (κ3) is 2.45. The van der Waals surface area contributed by atoms with Crippen LogP contribution in [0.2, 0.25) is 0 Å². The van der Waals surface area contributed by atoms with Gasteiger partial charge in [0, 0.05) is 12.3 Å². The lowest BCUT2D eigenvalue weighted by Gasteiger charge is -2.06. The number of allylic oxidation sites excluding steroid dienone is 1. The average molecular weight is 126 g/mol. The van der Waals surface area contributed by atoms with Crippen LogP contribution in [-0.4, -0.2) is 5.78 Å². The molecular formula is C8H14O. The Balaban J connectivity index is 3.88. The number of hydrogen-bond acceptors (Lipinski definition) is 1. The zero-order chi connectivity index (χ0) is 7.44. The summed E-state index contributed by atoms with van der Waals surface area (Å²) in [5, 5.41) is 0. The minimum atomic E-state index is 0.0509. The predicted octanol–water partition coefficient (Wildman–Crippen LogP) is 2.18. The minimum Gasteiger partial charge on any atom is -0.299 e. The summed E-state index contributed by atoms with van der Waals surface area (Å²) >= 11 is 0. The molecule has 1 nitrogen and oxygen atoms in total. The van der Waals surface area contributed by atoms with E-state index in [0.717, 1.165) is 5.57 Å². The van der Waals surface area contributed by atoms with Gasteiger partial charge in [0.15, 0.2) is 0 Å². The normalized spacial score (nSPS) is 12.8. The van der Waals surface area contributed by atoms with Crippen molar-refractivity contribution in [2.75, 3.05) is 0 Å². The van der Waals surface area contributed by atoms with Crippen molar-refractivity contribution in [3.05, 3.63) is 12.2 Å². The van der Waals surface area contributed by atoms with Gasteiger partial charge in [-0.25, -0.2) is 0 Å². The molecule has 0 amide bonds. The van der Waals surface area contributed by atoms with E-state index >= 15 is 0 Å². The summed E-state index contributed by atoms with van der Waals surface area (Å²) in [6.07, 6.45) is 0.619. The summed E-state index contributed by atoms with van der Waals surface area (Å²) < 4.78 is 0. The Morgan fingerprint density at radius 3 is 2.22 bits per heavy atom. The lowest BCUT2D eigenvalue weighted by molar-refractivity contribution is -0.121. The molecule has 0 spiro atoms. The molecule has 52 valence electrons. The zero-order valence-corrected chi connectivity index (χ0v) is 6.40. The highest BCUT2D eigenvalue weighted by Crippen LogP contribution is 2.09. The second kappa shape index (κ2) is 3.44. The summed E-state index contributed by atoms with van der Waals surface area (Å²) in [6, 6.07) is 0. The molecule has 0 bridgehead atoms. The molecule has 0 heterocycles. The second-order valence-corrected chi connectivity index (χ2v) is 2.39. The van der Waals surface area contributed by atoms with Crippen LogP contribution < -0.4 is 0 Å². The minimum absolute atomic E-state index is 0.0509. The topological polar surface area (TPSA) is 17.1 Å². The van der Waals surface area contributed by atoms with Crippen LogP contribution in [-0.2, 0) is 4.79 Å². The first kappa shape index (κ1) is 8.41. The van der Waals surface area contributed by atoms with Crippen LogP contribution in [0.5, 0.6) is 0 Å².